The molecule has 0 aliphatic heterocycles. The van der Waals surface area contributed by atoms with Gasteiger partial charge in [0.15, 0.2) is 5.16 Å². The topological polar surface area (TPSA) is 94.9 Å². The molecular formula is C14H16N4O2S. The summed E-state index contributed by atoms with van der Waals surface area (Å²) in [7, 11) is 0. The average Bonchev–Trinajstić information content (AvgIpc) is 2.43. The monoisotopic (exact) mass is 304 g/mol. The summed E-state index contributed by atoms with van der Waals surface area (Å²) in [6, 6.07) is 4.46. The van der Waals surface area contributed by atoms with E-state index in [4.69, 9.17) is 5.73 Å². The number of nitrogens with two attached hydrogens (primary N) is 1. The Morgan fingerprint density at radius 3 is 2.43 bits per heavy atom. The molecule has 7 heteroatoms. The normalized spacial score (nSPS) is 10.6. The van der Waals surface area contributed by atoms with Gasteiger partial charge >= 0.3 is 0 Å². The number of benzene rings is 1. The van der Waals surface area contributed by atoms with Crippen LogP contribution in [0.5, 0.6) is 0 Å². The molecule has 0 amide bonds. The molecule has 0 aliphatic carbocycles. The van der Waals surface area contributed by atoms with Crippen LogP contribution in [0, 0.1) is 30.9 Å². The number of anilines is 1. The number of nitro benzene ring substituents is 1. The van der Waals surface area contributed by atoms with E-state index >= 15 is 0 Å². The Labute approximate surface area is 127 Å². The van der Waals surface area contributed by atoms with E-state index in [2.05, 4.69) is 9.97 Å². The molecule has 2 rings (SSSR count). The highest BCUT2D eigenvalue weighted by atomic mass is 32.2. The van der Waals surface area contributed by atoms with Gasteiger partial charge in [0.2, 0.25) is 0 Å². The van der Waals surface area contributed by atoms with E-state index in [1.54, 1.807) is 6.07 Å². The fourth-order valence-corrected chi connectivity index (χ4v) is 2.72. The first-order valence-electron chi connectivity index (χ1n) is 6.36. The number of nitrogens with zero attached hydrogens (tertiary/aromatic N) is 3. The maximum atomic E-state index is 10.8. The molecule has 0 saturated carbocycles. The predicted molar refractivity (Wildman–Crippen MR) is 83.3 cm³/mol. The first kappa shape index (κ1) is 15.2. The summed E-state index contributed by atoms with van der Waals surface area (Å²) in [4.78, 5) is 19.2. The van der Waals surface area contributed by atoms with Crippen LogP contribution in [0.25, 0.3) is 0 Å². The van der Waals surface area contributed by atoms with Gasteiger partial charge in [0.25, 0.3) is 5.69 Å². The van der Waals surface area contributed by atoms with Crippen molar-refractivity contribution < 1.29 is 4.92 Å². The number of aryl methyl sites for hydroxylation is 2. The van der Waals surface area contributed by atoms with E-state index < -0.39 is 4.92 Å². The Balaban J connectivity index is 2.20. The van der Waals surface area contributed by atoms with Gasteiger partial charge in [-0.1, -0.05) is 11.8 Å². The molecule has 0 saturated heterocycles. The summed E-state index contributed by atoms with van der Waals surface area (Å²) in [5.74, 6) is 0.495. The second kappa shape index (κ2) is 6.09. The van der Waals surface area contributed by atoms with E-state index in [0.29, 0.717) is 22.2 Å². The lowest BCUT2D eigenvalue weighted by atomic mass is 10.2. The summed E-state index contributed by atoms with van der Waals surface area (Å²) in [5, 5.41) is 11.5. The maximum Gasteiger partial charge on any atom is 0.269 e. The first-order chi connectivity index (χ1) is 9.88. The van der Waals surface area contributed by atoms with Crippen molar-refractivity contribution >= 4 is 23.1 Å². The largest absolute Gasteiger partial charge is 0.398 e. The second-order valence-corrected chi connectivity index (χ2v) is 5.67. The molecular weight excluding hydrogens is 288 g/mol. The smallest absolute Gasteiger partial charge is 0.269 e. The Bertz CT molecular complexity index is 680. The summed E-state index contributed by atoms with van der Waals surface area (Å²) in [6.45, 7) is 5.86. The molecule has 0 unspecified atom stereocenters. The van der Waals surface area contributed by atoms with E-state index in [0.717, 1.165) is 17.0 Å². The molecule has 0 atom stereocenters. The molecule has 2 aromatic rings. The lowest BCUT2D eigenvalue weighted by Gasteiger charge is -2.08. The molecule has 1 aromatic heterocycles. The molecule has 0 aliphatic rings. The fraction of sp³-hybridized carbons (Fsp3) is 0.286. The number of nitro groups is 1. The number of aromatic nitrogens is 2. The van der Waals surface area contributed by atoms with Crippen LogP contribution < -0.4 is 5.73 Å². The zero-order chi connectivity index (χ0) is 15.6. The number of hydrogen-bond donors (Lipinski definition) is 1. The van der Waals surface area contributed by atoms with Crippen molar-refractivity contribution in [1.82, 2.24) is 9.97 Å². The van der Waals surface area contributed by atoms with E-state index in [9.17, 15) is 10.1 Å². The van der Waals surface area contributed by atoms with Gasteiger partial charge in [-0.2, -0.15) is 0 Å². The van der Waals surface area contributed by atoms with Gasteiger partial charge in [0.1, 0.15) is 0 Å². The van der Waals surface area contributed by atoms with E-state index in [1.807, 2.05) is 20.8 Å². The van der Waals surface area contributed by atoms with Crippen LogP contribution >= 0.6 is 11.8 Å². The molecule has 0 spiro atoms. The number of non-ortho nitro benzene ring substituents is 1. The van der Waals surface area contributed by atoms with Crippen LogP contribution in [0.15, 0.2) is 23.4 Å². The highest BCUT2D eigenvalue weighted by Gasteiger charge is 2.11. The maximum absolute atomic E-state index is 10.8. The van der Waals surface area contributed by atoms with Gasteiger partial charge in [-0.05, 0) is 38.0 Å². The van der Waals surface area contributed by atoms with Crippen LogP contribution in [-0.2, 0) is 5.75 Å². The van der Waals surface area contributed by atoms with Crippen molar-refractivity contribution in [1.29, 1.82) is 0 Å². The molecule has 0 bridgehead atoms. The molecule has 6 nitrogen and oxygen atoms in total. The van der Waals surface area contributed by atoms with Crippen molar-refractivity contribution in [3.05, 3.63) is 50.8 Å². The molecule has 1 aromatic carbocycles. The minimum absolute atomic E-state index is 0.0389. The molecule has 0 fully saturated rings. The molecule has 0 radical (unpaired) electrons. The van der Waals surface area contributed by atoms with Crippen molar-refractivity contribution in [2.24, 2.45) is 0 Å². The molecule has 1 heterocycles. The number of rotatable bonds is 4. The molecule has 2 N–H and O–H groups in total. The van der Waals surface area contributed by atoms with E-state index in [1.165, 1.54) is 23.9 Å². The van der Waals surface area contributed by atoms with Crippen molar-refractivity contribution in [3.63, 3.8) is 0 Å². The minimum atomic E-state index is -0.426. The quantitative estimate of drug-likeness (QED) is 0.306. The van der Waals surface area contributed by atoms with E-state index in [-0.39, 0.29) is 5.69 Å². The van der Waals surface area contributed by atoms with Crippen molar-refractivity contribution in [3.8, 4) is 0 Å². The number of thioether (sulfide) groups is 1. The second-order valence-electron chi connectivity index (χ2n) is 4.73. The summed E-state index contributed by atoms with van der Waals surface area (Å²) >= 11 is 1.42. The van der Waals surface area contributed by atoms with Crippen LogP contribution in [-0.4, -0.2) is 14.9 Å². The van der Waals surface area contributed by atoms with Gasteiger partial charge in [-0.15, -0.1) is 0 Å². The van der Waals surface area contributed by atoms with Crippen LogP contribution in [0.2, 0.25) is 0 Å². The minimum Gasteiger partial charge on any atom is -0.398 e. The Morgan fingerprint density at radius 1 is 1.24 bits per heavy atom. The van der Waals surface area contributed by atoms with Gasteiger partial charge in [0, 0.05) is 35.0 Å². The average molecular weight is 304 g/mol. The highest BCUT2D eigenvalue weighted by molar-refractivity contribution is 7.98. The lowest BCUT2D eigenvalue weighted by Crippen LogP contribution is -1.99. The Kier molecular flexibility index (Phi) is 4.42. The third-order valence-electron chi connectivity index (χ3n) is 3.31. The molecule has 110 valence electrons. The number of nitrogen functional groups attached to an aromatic ring is 1. The third kappa shape index (κ3) is 3.49. The number of hydrogen-bond acceptors (Lipinski definition) is 6. The van der Waals surface area contributed by atoms with Crippen LogP contribution in [0.1, 0.15) is 22.5 Å². The standard InChI is InChI=1S/C14H16N4O2S/c1-8-9(2)16-14(17-10(8)3)21-7-11-6-12(18(19)20)4-5-13(11)15/h4-6H,7,15H2,1-3H3. The first-order valence-corrected chi connectivity index (χ1v) is 7.34. The summed E-state index contributed by atoms with van der Waals surface area (Å²) in [5.41, 5.74) is 10.1. The third-order valence-corrected chi connectivity index (χ3v) is 4.20. The van der Waals surface area contributed by atoms with Crippen LogP contribution in [0.4, 0.5) is 11.4 Å². The zero-order valence-electron chi connectivity index (χ0n) is 12.1. The van der Waals surface area contributed by atoms with Gasteiger partial charge in [0.05, 0.1) is 4.92 Å². The summed E-state index contributed by atoms with van der Waals surface area (Å²) < 4.78 is 0. The SMILES string of the molecule is Cc1nc(SCc2cc([N+](=O)[O-])ccc2N)nc(C)c1C. The fourth-order valence-electron chi connectivity index (χ4n) is 1.78. The van der Waals surface area contributed by atoms with Crippen molar-refractivity contribution in [2.45, 2.75) is 31.7 Å². The summed E-state index contributed by atoms with van der Waals surface area (Å²) in [6.07, 6.45) is 0. The lowest BCUT2D eigenvalue weighted by molar-refractivity contribution is -0.384. The highest BCUT2D eigenvalue weighted by Crippen LogP contribution is 2.27. The molecule has 21 heavy (non-hydrogen) atoms. The van der Waals surface area contributed by atoms with Crippen molar-refractivity contribution in [2.75, 3.05) is 5.73 Å². The zero-order valence-corrected chi connectivity index (χ0v) is 12.9. The predicted octanol–water partition coefficient (Wildman–Crippen LogP) is 3.18. The Morgan fingerprint density at radius 2 is 1.86 bits per heavy atom. The van der Waals surface area contributed by atoms with Gasteiger partial charge in [-0.25, -0.2) is 9.97 Å². The van der Waals surface area contributed by atoms with Gasteiger partial charge < -0.3 is 5.73 Å². The Hall–Kier alpha value is -2.15. The van der Waals surface area contributed by atoms with Gasteiger partial charge in [-0.3, -0.25) is 10.1 Å². The van der Waals surface area contributed by atoms with Crippen LogP contribution in [0.3, 0.4) is 0 Å².